The molecule has 0 aliphatic carbocycles. The van der Waals surface area contributed by atoms with E-state index in [1.807, 2.05) is 13.8 Å². The predicted molar refractivity (Wildman–Crippen MR) is 98.0 cm³/mol. The molecule has 0 bridgehead atoms. The monoisotopic (exact) mass is 340 g/mol. The van der Waals surface area contributed by atoms with E-state index in [-0.39, 0.29) is 29.6 Å². The molecule has 0 saturated carbocycles. The number of benzene rings is 2. The Bertz CT molecular complexity index is 993. The van der Waals surface area contributed by atoms with Crippen molar-refractivity contribution in [2.75, 3.05) is 0 Å². The van der Waals surface area contributed by atoms with Crippen molar-refractivity contribution in [2.24, 2.45) is 11.7 Å². The number of halogens is 1. The molecule has 3 aromatic rings. The second-order valence-electron chi connectivity index (χ2n) is 6.58. The topological polar surface area (TPSA) is 68.2 Å². The summed E-state index contributed by atoms with van der Waals surface area (Å²) in [6.07, 6.45) is 0. The minimum atomic E-state index is -0.365. The van der Waals surface area contributed by atoms with Gasteiger partial charge in [-0.05, 0) is 41.8 Å². The fraction of sp³-hybridized carbons (Fsp3) is 0.250. The van der Waals surface area contributed by atoms with E-state index in [0.29, 0.717) is 34.1 Å². The summed E-state index contributed by atoms with van der Waals surface area (Å²) >= 11 is 0. The van der Waals surface area contributed by atoms with Crippen molar-refractivity contribution >= 4 is 10.8 Å². The van der Waals surface area contributed by atoms with Gasteiger partial charge in [0.15, 0.2) is 0 Å². The molecule has 3 N–H and O–H groups in total. The number of nitrogens with two attached hydrogens (primary N) is 1. The molecular formula is C20H21FN2O2. The number of rotatable bonds is 4. The first-order valence-electron chi connectivity index (χ1n) is 8.26. The molecule has 0 amide bonds. The largest absolute Gasteiger partial charge is 0.508 e. The van der Waals surface area contributed by atoms with Gasteiger partial charge in [-0.25, -0.2) is 4.39 Å². The predicted octanol–water partition coefficient (Wildman–Crippen LogP) is 3.63. The molecule has 0 spiro atoms. The van der Waals surface area contributed by atoms with Crippen LogP contribution in [0.1, 0.15) is 19.5 Å². The van der Waals surface area contributed by atoms with E-state index in [9.17, 15) is 14.3 Å². The molecule has 1 aromatic heterocycles. The Morgan fingerprint density at radius 3 is 2.56 bits per heavy atom. The van der Waals surface area contributed by atoms with E-state index >= 15 is 0 Å². The van der Waals surface area contributed by atoms with Crippen molar-refractivity contribution in [3.8, 4) is 16.9 Å². The molecule has 5 heteroatoms. The summed E-state index contributed by atoms with van der Waals surface area (Å²) < 4.78 is 15.5. The van der Waals surface area contributed by atoms with Gasteiger partial charge >= 0.3 is 0 Å². The van der Waals surface area contributed by atoms with Crippen LogP contribution in [-0.4, -0.2) is 9.67 Å². The molecule has 0 aliphatic heterocycles. The molecule has 0 radical (unpaired) electrons. The second-order valence-corrected chi connectivity index (χ2v) is 6.58. The minimum absolute atomic E-state index is 0.0501. The highest BCUT2D eigenvalue weighted by atomic mass is 19.1. The molecular weight excluding hydrogens is 319 g/mol. The van der Waals surface area contributed by atoms with Gasteiger partial charge < -0.3 is 15.4 Å². The number of aromatic nitrogens is 1. The molecule has 0 aliphatic rings. The summed E-state index contributed by atoms with van der Waals surface area (Å²) in [6.45, 7) is 4.70. The van der Waals surface area contributed by atoms with Gasteiger partial charge in [0.1, 0.15) is 11.6 Å². The number of phenols is 1. The average Bonchev–Trinajstić information content (AvgIpc) is 2.56. The SMILES string of the molecule is CC(C)Cn1c(CN)c(-c2cccc(F)c2)c2cc(O)ccc2c1=O. The van der Waals surface area contributed by atoms with Crippen molar-refractivity contribution in [1.29, 1.82) is 0 Å². The van der Waals surface area contributed by atoms with Gasteiger partial charge in [0.25, 0.3) is 5.56 Å². The maximum absolute atomic E-state index is 13.8. The quantitative estimate of drug-likeness (QED) is 0.762. The maximum Gasteiger partial charge on any atom is 0.258 e. The van der Waals surface area contributed by atoms with Crippen LogP contribution in [0.25, 0.3) is 21.9 Å². The van der Waals surface area contributed by atoms with Gasteiger partial charge in [-0.1, -0.05) is 26.0 Å². The van der Waals surface area contributed by atoms with Crippen LogP contribution in [0.2, 0.25) is 0 Å². The van der Waals surface area contributed by atoms with Crippen molar-refractivity contribution in [3.05, 3.63) is 64.3 Å². The Labute approximate surface area is 145 Å². The number of pyridine rings is 1. The summed E-state index contributed by atoms with van der Waals surface area (Å²) in [5, 5.41) is 11.0. The van der Waals surface area contributed by atoms with E-state index in [4.69, 9.17) is 5.73 Å². The fourth-order valence-corrected chi connectivity index (χ4v) is 3.22. The zero-order chi connectivity index (χ0) is 18.1. The highest BCUT2D eigenvalue weighted by Crippen LogP contribution is 2.33. The van der Waals surface area contributed by atoms with Gasteiger partial charge in [-0.2, -0.15) is 0 Å². The Kier molecular flexibility index (Phi) is 4.59. The standard InChI is InChI=1S/C20H21FN2O2/c1-12(2)11-23-18(10-22)19(13-4-3-5-14(21)8-13)17-9-15(24)6-7-16(17)20(23)25/h3-9,12,24H,10-11,22H2,1-2H3. The second kappa shape index (κ2) is 6.69. The van der Waals surface area contributed by atoms with E-state index < -0.39 is 0 Å². The molecule has 0 saturated heterocycles. The molecule has 1 heterocycles. The van der Waals surface area contributed by atoms with Crippen LogP contribution in [0.4, 0.5) is 4.39 Å². The highest BCUT2D eigenvalue weighted by Gasteiger charge is 2.18. The normalized spacial score (nSPS) is 11.4. The fourth-order valence-electron chi connectivity index (χ4n) is 3.22. The first-order chi connectivity index (χ1) is 11.9. The van der Waals surface area contributed by atoms with Crippen LogP contribution in [0, 0.1) is 11.7 Å². The first kappa shape index (κ1) is 17.2. The summed E-state index contributed by atoms with van der Waals surface area (Å²) in [4.78, 5) is 13.0. The third-order valence-corrected chi connectivity index (χ3v) is 4.22. The van der Waals surface area contributed by atoms with Crippen LogP contribution < -0.4 is 11.3 Å². The van der Waals surface area contributed by atoms with Gasteiger partial charge in [0.2, 0.25) is 0 Å². The highest BCUT2D eigenvalue weighted by molar-refractivity contribution is 5.98. The van der Waals surface area contributed by atoms with Gasteiger partial charge in [0.05, 0.1) is 0 Å². The van der Waals surface area contributed by atoms with E-state index in [1.165, 1.54) is 24.3 Å². The van der Waals surface area contributed by atoms with Crippen molar-refractivity contribution in [1.82, 2.24) is 4.57 Å². The van der Waals surface area contributed by atoms with E-state index in [1.54, 1.807) is 22.8 Å². The van der Waals surface area contributed by atoms with Crippen LogP contribution in [-0.2, 0) is 13.1 Å². The molecule has 130 valence electrons. The molecule has 25 heavy (non-hydrogen) atoms. The van der Waals surface area contributed by atoms with Crippen LogP contribution in [0.15, 0.2) is 47.3 Å². The minimum Gasteiger partial charge on any atom is -0.508 e. The average molecular weight is 340 g/mol. The number of aromatic hydroxyl groups is 1. The summed E-state index contributed by atoms with van der Waals surface area (Å²) in [5.41, 5.74) is 7.80. The lowest BCUT2D eigenvalue weighted by molar-refractivity contribution is 0.476. The Balaban J connectivity index is 2.49. The first-order valence-corrected chi connectivity index (χ1v) is 8.26. The smallest absolute Gasteiger partial charge is 0.258 e. The summed E-state index contributed by atoms with van der Waals surface area (Å²) in [6, 6.07) is 10.8. The third-order valence-electron chi connectivity index (χ3n) is 4.22. The molecule has 2 aromatic carbocycles. The molecule has 3 rings (SSSR count). The van der Waals surface area contributed by atoms with E-state index in [0.717, 1.165) is 0 Å². The third kappa shape index (κ3) is 3.15. The summed E-state index contributed by atoms with van der Waals surface area (Å²) in [5.74, 6) is -0.0672. The van der Waals surface area contributed by atoms with Gasteiger partial charge in [-0.15, -0.1) is 0 Å². The molecule has 0 unspecified atom stereocenters. The lowest BCUT2D eigenvalue weighted by atomic mass is 9.96. The Morgan fingerprint density at radius 1 is 1.16 bits per heavy atom. The molecule has 0 atom stereocenters. The zero-order valence-electron chi connectivity index (χ0n) is 14.3. The van der Waals surface area contributed by atoms with Gasteiger partial charge in [-0.3, -0.25) is 4.79 Å². The molecule has 4 nitrogen and oxygen atoms in total. The van der Waals surface area contributed by atoms with E-state index in [2.05, 4.69) is 0 Å². The zero-order valence-corrected chi connectivity index (χ0v) is 14.3. The van der Waals surface area contributed by atoms with Crippen molar-refractivity contribution in [2.45, 2.75) is 26.9 Å². The number of nitrogens with zero attached hydrogens (tertiary/aromatic N) is 1. The van der Waals surface area contributed by atoms with Crippen LogP contribution in [0.5, 0.6) is 5.75 Å². The number of hydrogen-bond donors (Lipinski definition) is 2. The van der Waals surface area contributed by atoms with Crippen molar-refractivity contribution < 1.29 is 9.50 Å². The Hall–Kier alpha value is -2.66. The number of fused-ring (bicyclic) bond motifs is 1. The lowest BCUT2D eigenvalue weighted by Crippen LogP contribution is -2.28. The Morgan fingerprint density at radius 2 is 1.92 bits per heavy atom. The van der Waals surface area contributed by atoms with Crippen LogP contribution >= 0.6 is 0 Å². The van der Waals surface area contributed by atoms with Crippen LogP contribution in [0.3, 0.4) is 0 Å². The molecule has 0 fully saturated rings. The van der Waals surface area contributed by atoms with Crippen molar-refractivity contribution in [3.63, 3.8) is 0 Å². The lowest BCUT2D eigenvalue weighted by Gasteiger charge is -2.20. The number of hydrogen-bond acceptors (Lipinski definition) is 3. The number of phenolic OH excluding ortho intramolecular Hbond substituents is 1. The maximum atomic E-state index is 13.8. The summed E-state index contributed by atoms with van der Waals surface area (Å²) in [7, 11) is 0. The van der Waals surface area contributed by atoms with Gasteiger partial charge in [0, 0.05) is 35.1 Å².